The number of rotatable bonds is 5. The molecule has 4 nitrogen and oxygen atoms in total. The summed E-state index contributed by atoms with van der Waals surface area (Å²) >= 11 is 1.58. The Morgan fingerprint density at radius 1 is 1.65 bits per heavy atom. The molecule has 0 saturated carbocycles. The second-order valence-corrected chi connectivity index (χ2v) is 5.11. The first-order valence-electron chi connectivity index (χ1n) is 6.20. The maximum absolute atomic E-state index is 12.2. The van der Waals surface area contributed by atoms with Gasteiger partial charge in [-0.15, -0.1) is 11.3 Å². The standard InChI is InChI=1S/C12H19N3OS/c1-2-5-13-11-4-3-6-15(12(11)16)7-10-8-17-9-14-10/h8-9,11,13H,2-7H2,1H3. The van der Waals surface area contributed by atoms with Crippen LogP contribution in [0, 0.1) is 0 Å². The van der Waals surface area contributed by atoms with E-state index in [0.29, 0.717) is 6.54 Å². The lowest BCUT2D eigenvalue weighted by atomic mass is 10.0. The van der Waals surface area contributed by atoms with Crippen molar-refractivity contribution in [1.82, 2.24) is 15.2 Å². The first-order chi connectivity index (χ1) is 8.31. The third kappa shape index (κ3) is 3.26. The van der Waals surface area contributed by atoms with Crippen molar-refractivity contribution in [2.24, 2.45) is 0 Å². The number of thiazole rings is 1. The molecule has 0 spiro atoms. The molecule has 1 fully saturated rings. The third-order valence-corrected chi connectivity index (χ3v) is 3.64. The Morgan fingerprint density at radius 2 is 2.53 bits per heavy atom. The first kappa shape index (κ1) is 12.5. The lowest BCUT2D eigenvalue weighted by molar-refractivity contribution is -0.136. The van der Waals surface area contributed by atoms with Crippen molar-refractivity contribution < 1.29 is 4.79 Å². The summed E-state index contributed by atoms with van der Waals surface area (Å²) in [5.74, 6) is 0.234. The van der Waals surface area contributed by atoms with E-state index in [-0.39, 0.29) is 11.9 Å². The SMILES string of the molecule is CCCNC1CCCN(Cc2cscn2)C1=O. The van der Waals surface area contributed by atoms with E-state index in [9.17, 15) is 4.79 Å². The summed E-state index contributed by atoms with van der Waals surface area (Å²) in [6.45, 7) is 4.56. The summed E-state index contributed by atoms with van der Waals surface area (Å²) < 4.78 is 0. The van der Waals surface area contributed by atoms with Gasteiger partial charge in [0.05, 0.1) is 23.8 Å². The number of amides is 1. The highest BCUT2D eigenvalue weighted by atomic mass is 32.1. The minimum Gasteiger partial charge on any atom is -0.335 e. The molecule has 0 aromatic carbocycles. The number of piperidine rings is 1. The fourth-order valence-electron chi connectivity index (χ4n) is 2.12. The molecule has 1 aromatic rings. The van der Waals surface area contributed by atoms with Crippen molar-refractivity contribution in [2.45, 2.75) is 38.8 Å². The number of hydrogen-bond acceptors (Lipinski definition) is 4. The van der Waals surface area contributed by atoms with Crippen molar-refractivity contribution >= 4 is 17.2 Å². The second kappa shape index (κ2) is 6.12. The number of nitrogens with one attached hydrogen (secondary N) is 1. The minimum absolute atomic E-state index is 0.0161. The number of nitrogens with zero attached hydrogens (tertiary/aromatic N) is 2. The molecule has 1 amide bonds. The molecule has 2 rings (SSSR count). The second-order valence-electron chi connectivity index (χ2n) is 4.39. The van der Waals surface area contributed by atoms with Gasteiger partial charge in [0.1, 0.15) is 0 Å². The molecule has 2 heterocycles. The van der Waals surface area contributed by atoms with Gasteiger partial charge in [0, 0.05) is 11.9 Å². The highest BCUT2D eigenvalue weighted by Gasteiger charge is 2.28. The molecule has 1 aromatic heterocycles. The van der Waals surface area contributed by atoms with E-state index in [2.05, 4.69) is 17.2 Å². The summed E-state index contributed by atoms with van der Waals surface area (Å²) in [4.78, 5) is 18.4. The zero-order valence-corrected chi connectivity index (χ0v) is 11.0. The van der Waals surface area contributed by atoms with E-state index in [1.165, 1.54) is 0 Å². The molecular formula is C12H19N3OS. The lowest BCUT2D eigenvalue weighted by Gasteiger charge is -2.32. The van der Waals surface area contributed by atoms with Gasteiger partial charge in [0.2, 0.25) is 5.91 Å². The normalized spacial score (nSPS) is 20.9. The van der Waals surface area contributed by atoms with Crippen LogP contribution in [0.15, 0.2) is 10.9 Å². The Balaban J connectivity index is 1.91. The van der Waals surface area contributed by atoms with Gasteiger partial charge < -0.3 is 10.2 Å². The lowest BCUT2D eigenvalue weighted by Crippen LogP contribution is -2.50. The van der Waals surface area contributed by atoms with Gasteiger partial charge in [-0.1, -0.05) is 6.92 Å². The van der Waals surface area contributed by atoms with Gasteiger partial charge >= 0.3 is 0 Å². The third-order valence-electron chi connectivity index (χ3n) is 3.01. The molecule has 0 aliphatic carbocycles. The summed E-state index contributed by atoms with van der Waals surface area (Å²) in [5.41, 5.74) is 2.82. The summed E-state index contributed by atoms with van der Waals surface area (Å²) in [7, 11) is 0. The van der Waals surface area contributed by atoms with Gasteiger partial charge in [0.15, 0.2) is 0 Å². The van der Waals surface area contributed by atoms with Crippen molar-refractivity contribution in [3.05, 3.63) is 16.6 Å². The summed E-state index contributed by atoms with van der Waals surface area (Å²) in [5, 5.41) is 5.33. The fraction of sp³-hybridized carbons (Fsp3) is 0.667. The van der Waals surface area contributed by atoms with Crippen LogP contribution in [0.2, 0.25) is 0 Å². The summed E-state index contributed by atoms with van der Waals surface area (Å²) in [6, 6.07) is 0.0161. The molecule has 1 atom stereocenters. The van der Waals surface area contributed by atoms with Crippen LogP contribution in [0.5, 0.6) is 0 Å². The average molecular weight is 253 g/mol. The molecule has 1 N–H and O–H groups in total. The van der Waals surface area contributed by atoms with Crippen LogP contribution >= 0.6 is 11.3 Å². The van der Waals surface area contributed by atoms with E-state index < -0.39 is 0 Å². The molecule has 0 radical (unpaired) electrons. The van der Waals surface area contributed by atoms with Crippen LogP contribution in [0.25, 0.3) is 0 Å². The Morgan fingerprint density at radius 3 is 3.24 bits per heavy atom. The highest BCUT2D eigenvalue weighted by molar-refractivity contribution is 7.07. The largest absolute Gasteiger partial charge is 0.335 e. The Hall–Kier alpha value is -0.940. The predicted octanol–water partition coefficient (Wildman–Crippen LogP) is 1.63. The molecule has 0 bridgehead atoms. The zero-order chi connectivity index (χ0) is 12.1. The summed E-state index contributed by atoms with van der Waals surface area (Å²) in [6.07, 6.45) is 3.11. The average Bonchev–Trinajstić information content (AvgIpc) is 2.83. The molecule has 1 saturated heterocycles. The Labute approximate surface area is 106 Å². The molecule has 94 valence electrons. The fourth-order valence-corrected chi connectivity index (χ4v) is 2.67. The number of aromatic nitrogens is 1. The predicted molar refractivity (Wildman–Crippen MR) is 68.8 cm³/mol. The van der Waals surface area contributed by atoms with Crippen LogP contribution in [0.1, 0.15) is 31.9 Å². The minimum atomic E-state index is 0.0161. The van der Waals surface area contributed by atoms with Crippen LogP contribution < -0.4 is 5.32 Å². The van der Waals surface area contributed by atoms with Crippen molar-refractivity contribution in [1.29, 1.82) is 0 Å². The van der Waals surface area contributed by atoms with Crippen molar-refractivity contribution in [2.75, 3.05) is 13.1 Å². The Kier molecular flexibility index (Phi) is 4.50. The van der Waals surface area contributed by atoms with E-state index in [4.69, 9.17) is 0 Å². The maximum atomic E-state index is 12.2. The van der Waals surface area contributed by atoms with E-state index >= 15 is 0 Å². The topological polar surface area (TPSA) is 45.2 Å². The highest BCUT2D eigenvalue weighted by Crippen LogP contribution is 2.15. The van der Waals surface area contributed by atoms with Gasteiger partial charge in [-0.25, -0.2) is 4.98 Å². The van der Waals surface area contributed by atoms with E-state index in [1.807, 2.05) is 15.8 Å². The molecule has 1 unspecified atom stereocenters. The monoisotopic (exact) mass is 253 g/mol. The molecule has 1 aliphatic heterocycles. The molecule has 1 aliphatic rings. The van der Waals surface area contributed by atoms with Crippen molar-refractivity contribution in [3.8, 4) is 0 Å². The maximum Gasteiger partial charge on any atom is 0.240 e. The molecular weight excluding hydrogens is 234 g/mol. The molecule has 5 heteroatoms. The number of carbonyl (C=O) groups excluding carboxylic acids is 1. The Bertz CT molecular complexity index is 353. The first-order valence-corrected chi connectivity index (χ1v) is 7.14. The van der Waals surface area contributed by atoms with Crippen LogP contribution in [0.3, 0.4) is 0 Å². The smallest absolute Gasteiger partial charge is 0.240 e. The number of likely N-dealkylation sites (tertiary alicyclic amines) is 1. The number of carbonyl (C=O) groups is 1. The zero-order valence-electron chi connectivity index (χ0n) is 10.2. The van der Waals surface area contributed by atoms with Crippen molar-refractivity contribution in [3.63, 3.8) is 0 Å². The molecule has 17 heavy (non-hydrogen) atoms. The van der Waals surface area contributed by atoms with Gasteiger partial charge in [-0.2, -0.15) is 0 Å². The van der Waals surface area contributed by atoms with Gasteiger partial charge in [0.25, 0.3) is 0 Å². The van der Waals surface area contributed by atoms with Crippen LogP contribution in [-0.4, -0.2) is 34.9 Å². The van der Waals surface area contributed by atoms with Crippen LogP contribution in [0.4, 0.5) is 0 Å². The van der Waals surface area contributed by atoms with Gasteiger partial charge in [-0.05, 0) is 25.8 Å². The number of hydrogen-bond donors (Lipinski definition) is 1. The van der Waals surface area contributed by atoms with Crippen LogP contribution in [-0.2, 0) is 11.3 Å². The van der Waals surface area contributed by atoms with Gasteiger partial charge in [-0.3, -0.25) is 4.79 Å². The van der Waals surface area contributed by atoms with E-state index in [0.717, 1.165) is 38.0 Å². The van der Waals surface area contributed by atoms with E-state index in [1.54, 1.807) is 11.3 Å². The quantitative estimate of drug-likeness (QED) is 0.867.